The molecule has 0 atom stereocenters. The van der Waals surface area contributed by atoms with E-state index >= 15 is 0 Å². The molecule has 0 fully saturated rings. The Morgan fingerprint density at radius 3 is 1.62 bits per heavy atom. The minimum atomic E-state index is 0.901. The van der Waals surface area contributed by atoms with Crippen molar-refractivity contribution in [3.63, 3.8) is 0 Å². The molecule has 2 heteroatoms. The largest absolute Gasteiger partial charge is 0.454 e. The Morgan fingerprint density at radius 2 is 0.900 bits per heavy atom. The molecule has 2 heterocycles. The van der Waals surface area contributed by atoms with Gasteiger partial charge in [0.15, 0.2) is 5.58 Å². The molecule has 0 aliphatic heterocycles. The first-order valence-electron chi connectivity index (χ1n) is 17.2. The van der Waals surface area contributed by atoms with E-state index in [1.54, 1.807) is 0 Å². The van der Waals surface area contributed by atoms with Gasteiger partial charge in [0.05, 0.1) is 5.52 Å². The van der Waals surface area contributed by atoms with Crippen molar-refractivity contribution < 1.29 is 4.42 Å². The summed E-state index contributed by atoms with van der Waals surface area (Å²) in [7, 11) is 0. The molecule has 232 valence electrons. The van der Waals surface area contributed by atoms with Crippen LogP contribution >= 0.6 is 0 Å². The maximum Gasteiger partial charge on any atom is 0.161 e. The van der Waals surface area contributed by atoms with Gasteiger partial charge in [0.25, 0.3) is 0 Å². The molecule has 0 bridgehead atoms. The zero-order valence-electron chi connectivity index (χ0n) is 27.1. The van der Waals surface area contributed by atoms with Crippen LogP contribution in [0.15, 0.2) is 180 Å². The number of furan rings is 1. The minimum Gasteiger partial charge on any atom is -0.454 e. The van der Waals surface area contributed by atoms with Gasteiger partial charge in [-0.3, -0.25) is 0 Å². The molecule has 11 aromatic rings. The van der Waals surface area contributed by atoms with Crippen molar-refractivity contribution in [2.45, 2.75) is 0 Å². The zero-order valence-corrected chi connectivity index (χ0v) is 27.1. The molecule has 0 saturated heterocycles. The van der Waals surface area contributed by atoms with Gasteiger partial charge < -0.3 is 8.98 Å². The standard InChI is InChI=1S/C48H29NO/c1-2-13-34(14-3-1)49-43-27-25-33(29-42(43)48-47(49)41-20-10-11-21-44(41)50-48)46-39-18-8-6-16-37(39)45(38-17-7-9-19-40(38)46)32-24-26-36-31(28-32)23-22-30-12-4-5-15-35(30)36/h1-29H. The average Bonchev–Trinajstić information content (AvgIpc) is 3.71. The Hall–Kier alpha value is -6.64. The molecule has 0 aliphatic carbocycles. The highest BCUT2D eigenvalue weighted by Gasteiger charge is 2.22. The van der Waals surface area contributed by atoms with Crippen LogP contribution in [0.3, 0.4) is 0 Å². The van der Waals surface area contributed by atoms with Gasteiger partial charge in [-0.15, -0.1) is 0 Å². The van der Waals surface area contributed by atoms with E-state index in [4.69, 9.17) is 4.42 Å². The maximum atomic E-state index is 6.65. The van der Waals surface area contributed by atoms with Crippen LogP contribution in [0.2, 0.25) is 0 Å². The Kier molecular flexibility index (Phi) is 5.70. The summed E-state index contributed by atoms with van der Waals surface area (Å²) in [5, 5.41) is 12.3. The van der Waals surface area contributed by atoms with Gasteiger partial charge in [-0.05, 0) is 108 Å². The molecule has 11 rings (SSSR count). The topological polar surface area (TPSA) is 18.1 Å². The monoisotopic (exact) mass is 635 g/mol. The number of aromatic nitrogens is 1. The molecule has 0 N–H and O–H groups in total. The number of para-hydroxylation sites is 2. The summed E-state index contributed by atoms with van der Waals surface area (Å²) < 4.78 is 9.00. The van der Waals surface area contributed by atoms with E-state index in [9.17, 15) is 0 Å². The van der Waals surface area contributed by atoms with Crippen molar-refractivity contribution in [2.75, 3.05) is 0 Å². The van der Waals surface area contributed by atoms with Crippen molar-refractivity contribution in [2.24, 2.45) is 0 Å². The minimum absolute atomic E-state index is 0.901. The highest BCUT2D eigenvalue weighted by Crippen LogP contribution is 2.46. The number of nitrogens with zero attached hydrogens (tertiary/aromatic N) is 1. The lowest BCUT2D eigenvalue weighted by atomic mass is 9.85. The number of rotatable bonds is 3. The smallest absolute Gasteiger partial charge is 0.161 e. The fourth-order valence-corrected chi connectivity index (χ4v) is 8.39. The highest BCUT2D eigenvalue weighted by molar-refractivity contribution is 6.23. The van der Waals surface area contributed by atoms with Crippen LogP contribution in [0.4, 0.5) is 0 Å². The van der Waals surface area contributed by atoms with Crippen molar-refractivity contribution in [1.29, 1.82) is 0 Å². The summed E-state index contributed by atoms with van der Waals surface area (Å²) in [6.07, 6.45) is 0. The molecule has 0 spiro atoms. The van der Waals surface area contributed by atoms with Gasteiger partial charge in [-0.1, -0.05) is 133 Å². The molecule has 0 amide bonds. The second-order valence-electron chi connectivity index (χ2n) is 13.2. The Bertz CT molecular complexity index is 3090. The second-order valence-corrected chi connectivity index (χ2v) is 13.2. The molecule has 0 unspecified atom stereocenters. The number of hydrogen-bond donors (Lipinski definition) is 0. The van der Waals surface area contributed by atoms with Gasteiger partial charge in [0, 0.05) is 16.5 Å². The molecule has 2 aromatic heterocycles. The van der Waals surface area contributed by atoms with Crippen LogP contribution in [-0.2, 0) is 0 Å². The summed E-state index contributed by atoms with van der Waals surface area (Å²) in [6.45, 7) is 0. The lowest BCUT2D eigenvalue weighted by Crippen LogP contribution is -1.93. The number of benzene rings is 9. The van der Waals surface area contributed by atoms with E-state index in [-0.39, 0.29) is 0 Å². The van der Waals surface area contributed by atoms with Crippen molar-refractivity contribution >= 4 is 76.1 Å². The first-order valence-corrected chi connectivity index (χ1v) is 17.2. The second kappa shape index (κ2) is 10.4. The Morgan fingerprint density at radius 1 is 0.360 bits per heavy atom. The first-order chi connectivity index (χ1) is 24.8. The lowest BCUT2D eigenvalue weighted by Gasteiger charge is -2.18. The molecule has 0 aliphatic rings. The third-order valence-corrected chi connectivity index (χ3v) is 10.5. The van der Waals surface area contributed by atoms with Gasteiger partial charge in [0.2, 0.25) is 0 Å². The number of hydrogen-bond acceptors (Lipinski definition) is 1. The summed E-state index contributed by atoms with van der Waals surface area (Å²) in [5.41, 5.74) is 10.1. The highest BCUT2D eigenvalue weighted by atomic mass is 16.3. The molecule has 50 heavy (non-hydrogen) atoms. The first kappa shape index (κ1) is 27.3. The van der Waals surface area contributed by atoms with Crippen molar-refractivity contribution in [3.8, 4) is 27.9 Å². The third-order valence-electron chi connectivity index (χ3n) is 10.5. The molecule has 0 saturated carbocycles. The number of fused-ring (bicyclic) bond motifs is 10. The van der Waals surface area contributed by atoms with E-state index in [2.05, 4.69) is 174 Å². The van der Waals surface area contributed by atoms with E-state index in [0.29, 0.717) is 0 Å². The van der Waals surface area contributed by atoms with Crippen LogP contribution in [0.1, 0.15) is 0 Å². The summed E-state index contributed by atoms with van der Waals surface area (Å²) in [5.74, 6) is 0. The fraction of sp³-hybridized carbons (Fsp3) is 0. The normalized spacial score (nSPS) is 12.0. The van der Waals surface area contributed by atoms with Crippen molar-refractivity contribution in [3.05, 3.63) is 176 Å². The Labute approximate surface area is 288 Å². The lowest BCUT2D eigenvalue weighted by molar-refractivity contribution is 0.673. The van der Waals surface area contributed by atoms with Gasteiger partial charge in [-0.25, -0.2) is 0 Å². The summed E-state index contributed by atoms with van der Waals surface area (Å²) in [4.78, 5) is 0. The maximum absolute atomic E-state index is 6.65. The average molecular weight is 636 g/mol. The van der Waals surface area contributed by atoms with E-state index in [1.165, 1.54) is 65.3 Å². The molecular formula is C48H29NO. The van der Waals surface area contributed by atoms with Gasteiger partial charge in [0.1, 0.15) is 11.1 Å². The quantitative estimate of drug-likeness (QED) is 0.140. The fourth-order valence-electron chi connectivity index (χ4n) is 8.39. The SMILES string of the molecule is c1ccc(-n2c3ccc(-c4c5ccccc5c(-c5ccc6c(ccc7ccccc76)c5)c5ccccc45)cc3c3oc4ccccc4c32)cc1. The van der Waals surface area contributed by atoms with Gasteiger partial charge in [-0.2, -0.15) is 0 Å². The molecule has 0 radical (unpaired) electrons. The predicted molar refractivity (Wildman–Crippen MR) is 211 cm³/mol. The van der Waals surface area contributed by atoms with E-state index < -0.39 is 0 Å². The van der Waals surface area contributed by atoms with Crippen LogP contribution in [0, 0.1) is 0 Å². The summed E-state index contributed by atoms with van der Waals surface area (Å²) >= 11 is 0. The summed E-state index contributed by atoms with van der Waals surface area (Å²) in [6, 6.07) is 63.8. The van der Waals surface area contributed by atoms with Crippen LogP contribution in [-0.4, -0.2) is 4.57 Å². The zero-order chi connectivity index (χ0) is 32.8. The Balaban J connectivity index is 1.20. The van der Waals surface area contributed by atoms with E-state index in [1.807, 2.05) is 6.07 Å². The van der Waals surface area contributed by atoms with E-state index in [0.717, 1.165) is 38.7 Å². The van der Waals surface area contributed by atoms with Crippen LogP contribution in [0.25, 0.3) is 104 Å². The van der Waals surface area contributed by atoms with Crippen LogP contribution in [0.5, 0.6) is 0 Å². The molecule has 2 nitrogen and oxygen atoms in total. The molecular weight excluding hydrogens is 607 g/mol. The van der Waals surface area contributed by atoms with Gasteiger partial charge >= 0.3 is 0 Å². The molecule has 9 aromatic carbocycles. The predicted octanol–water partition coefficient (Wildman–Crippen LogP) is 13.5. The van der Waals surface area contributed by atoms with Crippen LogP contribution < -0.4 is 0 Å². The van der Waals surface area contributed by atoms with Crippen molar-refractivity contribution in [1.82, 2.24) is 4.57 Å². The third kappa shape index (κ3) is 3.85.